The summed E-state index contributed by atoms with van der Waals surface area (Å²) in [6.07, 6.45) is -0.987. The van der Waals surface area contributed by atoms with Crippen molar-refractivity contribution in [3.8, 4) is 5.75 Å². The second kappa shape index (κ2) is 15.9. The maximum Gasteiger partial charge on any atom is 0.338 e. The van der Waals surface area contributed by atoms with Crippen LogP contribution in [0.5, 0.6) is 5.75 Å². The van der Waals surface area contributed by atoms with Gasteiger partial charge in [0.1, 0.15) is 35.6 Å². The highest BCUT2D eigenvalue weighted by Crippen LogP contribution is 2.41. The van der Waals surface area contributed by atoms with Crippen molar-refractivity contribution in [2.45, 2.75) is 43.9 Å². The van der Waals surface area contributed by atoms with Crippen LogP contribution < -0.4 is 10.1 Å². The van der Waals surface area contributed by atoms with Gasteiger partial charge in [-0.15, -0.1) is 0 Å². The molecule has 1 fully saturated rings. The van der Waals surface area contributed by atoms with Gasteiger partial charge in [0.2, 0.25) is 5.95 Å². The van der Waals surface area contributed by atoms with Gasteiger partial charge in [0, 0.05) is 11.5 Å². The first-order chi connectivity index (χ1) is 26.4. The summed E-state index contributed by atoms with van der Waals surface area (Å²) in [5.41, 5.74) is 13.4. The minimum atomic E-state index is -0.993. The maximum absolute atomic E-state index is 12.9. The lowest BCUT2D eigenvalue weighted by Crippen LogP contribution is -2.38. The lowest BCUT2D eigenvalue weighted by atomic mass is 9.77. The molecular formula is C40H37ClN8O5. The fraction of sp³-hybridized carbons (Fsp3) is 0.250. The van der Waals surface area contributed by atoms with E-state index in [0.717, 1.165) is 22.3 Å². The number of rotatable bonds is 13. The van der Waals surface area contributed by atoms with Gasteiger partial charge in [-0.3, -0.25) is 4.57 Å². The summed E-state index contributed by atoms with van der Waals surface area (Å²) >= 11 is 6.87. The molecule has 14 heteroatoms. The van der Waals surface area contributed by atoms with E-state index in [0.29, 0.717) is 22.5 Å². The molecule has 4 aromatic carbocycles. The molecule has 1 aliphatic rings. The number of nitrogens with zero attached hydrogens (tertiary/aromatic N) is 7. The smallest absolute Gasteiger partial charge is 0.338 e. The second-order valence-corrected chi connectivity index (χ2v) is 13.0. The van der Waals surface area contributed by atoms with Crippen molar-refractivity contribution in [3.05, 3.63) is 159 Å². The van der Waals surface area contributed by atoms with Gasteiger partial charge in [0.05, 0.1) is 25.0 Å². The van der Waals surface area contributed by atoms with Crippen molar-refractivity contribution >= 4 is 34.7 Å². The minimum absolute atomic E-state index is 0.104. The molecule has 0 saturated carbocycles. The molecule has 274 valence electrons. The first kappa shape index (κ1) is 36.4. The normalized spacial score (nSPS) is 18.2. The summed E-state index contributed by atoms with van der Waals surface area (Å²) < 4.78 is 25.4. The number of esters is 1. The predicted molar refractivity (Wildman–Crippen MR) is 203 cm³/mol. The van der Waals surface area contributed by atoms with Gasteiger partial charge in [-0.05, 0) is 60.3 Å². The number of carbonyl (C=O) groups excluding carboxylic acids is 1. The molecule has 0 aliphatic carbocycles. The standard InChI is InChI=1S/C40H37ClN8O5/c1-4-52-34-32(47-48-42)31(23-53-38(50)26-17-15-25(2)16-18-26)54-37(34)49-24-43-33-35(41)44-39(45-36(33)49)46-40(27-11-7-5-8-12-27,28-13-9-6-10-14-28)29-19-21-30(51-3)22-20-29/h5-22,24,31-32,34,37H,4,23H2,1-3H3,(H,44,45,46)/t31-,32-,34-,37-/m1/s1. The molecule has 0 bridgehead atoms. The van der Waals surface area contributed by atoms with Crippen LogP contribution >= 0.6 is 11.6 Å². The van der Waals surface area contributed by atoms with E-state index >= 15 is 0 Å². The van der Waals surface area contributed by atoms with Crippen molar-refractivity contribution in [2.24, 2.45) is 5.11 Å². The SMILES string of the molecule is CCO[C@@H]1[C@H](N=[N+]=[N-])[C@@H](COC(=O)c2ccc(C)cc2)O[C@H]1n1cnc2c(Cl)nc(NC(c3ccccc3)(c3ccccc3)c3ccc(OC)cc3)nc21. The van der Waals surface area contributed by atoms with Crippen LogP contribution in [0.4, 0.5) is 5.95 Å². The first-order valence-corrected chi connectivity index (χ1v) is 17.7. The highest BCUT2D eigenvalue weighted by molar-refractivity contribution is 6.33. The number of nitrogens with one attached hydrogen (secondary N) is 1. The Balaban J connectivity index is 1.29. The molecular weight excluding hydrogens is 708 g/mol. The molecule has 2 aromatic heterocycles. The largest absolute Gasteiger partial charge is 0.497 e. The van der Waals surface area contributed by atoms with Crippen LogP contribution in [0.3, 0.4) is 0 Å². The van der Waals surface area contributed by atoms with Crippen LogP contribution in [0.15, 0.2) is 121 Å². The Labute approximate surface area is 316 Å². The van der Waals surface area contributed by atoms with Gasteiger partial charge < -0.3 is 24.3 Å². The van der Waals surface area contributed by atoms with Crippen LogP contribution in [0.25, 0.3) is 21.6 Å². The number of benzene rings is 4. The third-order valence-corrected chi connectivity index (χ3v) is 9.68. The van der Waals surface area contributed by atoms with Crippen molar-refractivity contribution in [1.29, 1.82) is 0 Å². The number of anilines is 1. The summed E-state index contributed by atoms with van der Waals surface area (Å²) in [6.45, 7) is 3.85. The molecule has 0 amide bonds. The predicted octanol–water partition coefficient (Wildman–Crippen LogP) is 8.04. The molecule has 4 atom stereocenters. The zero-order chi connectivity index (χ0) is 37.7. The number of azide groups is 1. The molecule has 54 heavy (non-hydrogen) atoms. The molecule has 1 N–H and O–H groups in total. The number of methoxy groups -OCH3 is 1. The minimum Gasteiger partial charge on any atom is -0.497 e. The summed E-state index contributed by atoms with van der Waals surface area (Å²) in [7, 11) is 1.63. The molecule has 1 aliphatic heterocycles. The van der Waals surface area contributed by atoms with E-state index in [-0.39, 0.29) is 24.3 Å². The van der Waals surface area contributed by atoms with Gasteiger partial charge in [0.25, 0.3) is 0 Å². The Morgan fingerprint density at radius 2 is 1.61 bits per heavy atom. The van der Waals surface area contributed by atoms with Crippen LogP contribution in [-0.2, 0) is 19.7 Å². The maximum atomic E-state index is 12.9. The van der Waals surface area contributed by atoms with Crippen LogP contribution in [0, 0.1) is 6.92 Å². The van der Waals surface area contributed by atoms with E-state index in [1.54, 1.807) is 23.8 Å². The summed E-state index contributed by atoms with van der Waals surface area (Å²) in [5, 5.41) is 7.79. The third-order valence-electron chi connectivity index (χ3n) is 9.41. The average Bonchev–Trinajstić information content (AvgIpc) is 3.78. The lowest BCUT2D eigenvalue weighted by molar-refractivity contribution is -0.0689. The molecule has 0 unspecified atom stereocenters. The zero-order valence-electron chi connectivity index (χ0n) is 29.7. The van der Waals surface area contributed by atoms with Gasteiger partial charge in [-0.25, -0.2) is 9.78 Å². The van der Waals surface area contributed by atoms with Gasteiger partial charge in [-0.2, -0.15) is 9.97 Å². The molecule has 13 nitrogen and oxygen atoms in total. The number of halogens is 1. The van der Waals surface area contributed by atoms with E-state index < -0.39 is 36.0 Å². The number of carbonyl (C=O) groups is 1. The van der Waals surface area contributed by atoms with E-state index in [1.165, 1.54) is 6.33 Å². The number of aromatic nitrogens is 4. The Morgan fingerprint density at radius 1 is 0.963 bits per heavy atom. The molecule has 0 spiro atoms. The molecule has 1 saturated heterocycles. The van der Waals surface area contributed by atoms with Crippen molar-refractivity contribution < 1.29 is 23.7 Å². The topological polar surface area (TPSA) is 158 Å². The summed E-state index contributed by atoms with van der Waals surface area (Å²) in [5.74, 6) is 0.384. The highest BCUT2D eigenvalue weighted by Gasteiger charge is 2.47. The van der Waals surface area contributed by atoms with Gasteiger partial charge >= 0.3 is 5.97 Å². The number of hydrogen-bond donors (Lipinski definition) is 1. The van der Waals surface area contributed by atoms with Crippen LogP contribution in [-0.4, -0.2) is 64.1 Å². The van der Waals surface area contributed by atoms with E-state index in [4.69, 9.17) is 35.5 Å². The Hall–Kier alpha value is -5.98. The fourth-order valence-electron chi connectivity index (χ4n) is 6.81. The highest BCUT2D eigenvalue weighted by atomic mass is 35.5. The second-order valence-electron chi connectivity index (χ2n) is 12.6. The van der Waals surface area contributed by atoms with Crippen LogP contribution in [0.1, 0.15) is 45.8 Å². The zero-order valence-corrected chi connectivity index (χ0v) is 30.5. The molecule has 6 aromatic rings. The fourth-order valence-corrected chi connectivity index (χ4v) is 7.02. The Morgan fingerprint density at radius 3 is 2.22 bits per heavy atom. The van der Waals surface area contributed by atoms with Gasteiger partial charge in [0.15, 0.2) is 17.0 Å². The molecule has 3 heterocycles. The number of hydrogen-bond acceptors (Lipinski definition) is 10. The van der Waals surface area contributed by atoms with E-state index in [1.807, 2.05) is 111 Å². The Kier molecular flexibility index (Phi) is 10.7. The van der Waals surface area contributed by atoms with Gasteiger partial charge in [-0.1, -0.05) is 107 Å². The van der Waals surface area contributed by atoms with Crippen LogP contribution in [0.2, 0.25) is 5.15 Å². The number of fused-ring (bicyclic) bond motifs is 1. The monoisotopic (exact) mass is 744 g/mol. The summed E-state index contributed by atoms with van der Waals surface area (Å²) in [4.78, 5) is 30.2. The first-order valence-electron chi connectivity index (χ1n) is 17.3. The quantitative estimate of drug-likeness (QED) is 0.0308. The lowest BCUT2D eigenvalue weighted by Gasteiger charge is -2.37. The molecule has 0 radical (unpaired) electrons. The van der Waals surface area contributed by atoms with E-state index in [9.17, 15) is 10.3 Å². The molecule has 7 rings (SSSR count). The summed E-state index contributed by atoms with van der Waals surface area (Å²) in [6, 6.07) is 34.0. The number of imidazole rings is 1. The average molecular weight is 745 g/mol. The van der Waals surface area contributed by atoms with E-state index in [2.05, 4.69) is 25.3 Å². The number of ether oxygens (including phenoxy) is 4. The van der Waals surface area contributed by atoms with Crippen molar-refractivity contribution in [1.82, 2.24) is 19.5 Å². The van der Waals surface area contributed by atoms with Crippen molar-refractivity contribution in [3.63, 3.8) is 0 Å². The van der Waals surface area contributed by atoms with Crippen molar-refractivity contribution in [2.75, 3.05) is 25.6 Å². The number of aryl methyl sites for hydroxylation is 1. The third kappa shape index (κ3) is 7.05. The Bertz CT molecular complexity index is 2230.